The van der Waals surface area contributed by atoms with Crippen molar-refractivity contribution in [2.75, 3.05) is 37.6 Å². The van der Waals surface area contributed by atoms with Crippen molar-refractivity contribution in [3.8, 4) is 11.4 Å². The van der Waals surface area contributed by atoms with E-state index in [1.54, 1.807) is 16.8 Å². The summed E-state index contributed by atoms with van der Waals surface area (Å²) in [6, 6.07) is 7.81. The Morgan fingerprint density at radius 3 is 2.49 bits per heavy atom. The molecule has 2 aliphatic rings. The van der Waals surface area contributed by atoms with Crippen molar-refractivity contribution in [1.82, 2.24) is 14.7 Å². The van der Waals surface area contributed by atoms with Crippen LogP contribution in [-0.4, -0.2) is 59.4 Å². The Morgan fingerprint density at radius 1 is 1.14 bits per heavy atom. The molecule has 0 saturated carbocycles. The van der Waals surface area contributed by atoms with E-state index in [9.17, 15) is 17.6 Å². The predicted octanol–water partition coefficient (Wildman–Crippen LogP) is 6.70. The minimum absolute atomic E-state index is 0.249. The molecule has 0 amide bonds. The van der Waals surface area contributed by atoms with Crippen LogP contribution in [0.5, 0.6) is 5.75 Å². The van der Waals surface area contributed by atoms with Crippen LogP contribution in [0.25, 0.3) is 5.69 Å². The molecule has 2 aromatic rings. The first-order chi connectivity index (χ1) is 17.5. The Balaban J connectivity index is 1.30. The number of hydrogen-bond acceptors (Lipinski definition) is 4. The number of anilines is 1. The van der Waals surface area contributed by atoms with Crippen molar-refractivity contribution in [1.29, 1.82) is 0 Å². The highest BCUT2D eigenvalue weighted by molar-refractivity contribution is 5.45. The molecule has 0 spiro atoms. The second-order valence-corrected chi connectivity index (χ2v) is 10.6. The molecule has 4 rings (SSSR count). The molecular formula is C28H38F4N4O. The standard InChI is InChI=1S/C28H38F4N4O/c1-4-27(29)13-18-34(19-14-27)16-11-21(2)23-6-5-15-35(17-12-23)26-20-22(3)36(33-26)24-7-9-25(10-8-24)37-28(30,31)32/h4,7-10,20-21,23H,1,5-6,11-19H2,2-3H3. The van der Waals surface area contributed by atoms with Crippen molar-refractivity contribution in [3.05, 3.63) is 48.7 Å². The number of allylic oxidation sites excluding steroid dienone is 1. The number of benzene rings is 1. The molecular weight excluding hydrogens is 484 g/mol. The first kappa shape index (κ1) is 27.5. The molecule has 0 N–H and O–H groups in total. The van der Waals surface area contributed by atoms with Gasteiger partial charge in [-0.3, -0.25) is 0 Å². The summed E-state index contributed by atoms with van der Waals surface area (Å²) in [7, 11) is 0. The number of ether oxygens (including phenoxy) is 1. The van der Waals surface area contributed by atoms with Crippen LogP contribution in [0.4, 0.5) is 23.4 Å². The Hall–Kier alpha value is -2.55. The molecule has 9 heteroatoms. The molecule has 2 aliphatic heterocycles. The fourth-order valence-electron chi connectivity index (χ4n) is 5.56. The molecule has 37 heavy (non-hydrogen) atoms. The number of halogens is 4. The lowest BCUT2D eigenvalue weighted by Crippen LogP contribution is -2.41. The molecule has 0 radical (unpaired) electrons. The van der Waals surface area contributed by atoms with Gasteiger partial charge in [0.05, 0.1) is 5.69 Å². The summed E-state index contributed by atoms with van der Waals surface area (Å²) in [6.07, 6.45) is 2.35. The number of piperidine rings is 1. The third-order valence-corrected chi connectivity index (χ3v) is 8.04. The Morgan fingerprint density at radius 2 is 1.84 bits per heavy atom. The molecule has 2 unspecified atom stereocenters. The Bertz CT molecular complexity index is 1030. The maximum Gasteiger partial charge on any atom is 0.573 e. The summed E-state index contributed by atoms with van der Waals surface area (Å²) in [6.45, 7) is 12.4. The van der Waals surface area contributed by atoms with Crippen LogP contribution in [0.2, 0.25) is 0 Å². The topological polar surface area (TPSA) is 33.5 Å². The van der Waals surface area contributed by atoms with Gasteiger partial charge in [-0.2, -0.15) is 5.10 Å². The van der Waals surface area contributed by atoms with E-state index in [1.807, 2.05) is 13.0 Å². The highest BCUT2D eigenvalue weighted by Crippen LogP contribution is 2.32. The van der Waals surface area contributed by atoms with Gasteiger partial charge in [-0.15, -0.1) is 13.2 Å². The zero-order valence-electron chi connectivity index (χ0n) is 21.8. The number of likely N-dealkylation sites (tertiary alicyclic amines) is 1. The average molecular weight is 523 g/mol. The van der Waals surface area contributed by atoms with Gasteiger partial charge in [-0.25, -0.2) is 9.07 Å². The van der Waals surface area contributed by atoms with Crippen LogP contribution in [0.15, 0.2) is 43.0 Å². The van der Waals surface area contributed by atoms with Crippen molar-refractivity contribution < 1.29 is 22.3 Å². The van der Waals surface area contributed by atoms with E-state index < -0.39 is 12.0 Å². The molecule has 2 saturated heterocycles. The maximum atomic E-state index is 14.4. The van der Waals surface area contributed by atoms with Crippen LogP contribution in [0.1, 0.15) is 51.1 Å². The van der Waals surface area contributed by atoms with E-state index in [2.05, 4.69) is 28.0 Å². The molecule has 5 nitrogen and oxygen atoms in total. The SMILES string of the molecule is C=CC1(F)CCN(CCC(C)C2CCCN(c3cc(C)n(-c4ccc(OC(F)(F)F)cc4)n3)CC2)CC1. The lowest BCUT2D eigenvalue weighted by molar-refractivity contribution is -0.274. The molecule has 1 aromatic heterocycles. The van der Waals surface area contributed by atoms with E-state index in [4.69, 9.17) is 5.10 Å². The van der Waals surface area contributed by atoms with Gasteiger partial charge in [-0.1, -0.05) is 19.6 Å². The summed E-state index contributed by atoms with van der Waals surface area (Å²) >= 11 is 0. The van der Waals surface area contributed by atoms with Gasteiger partial charge in [-0.05, 0) is 88.1 Å². The number of rotatable bonds is 8. The lowest BCUT2D eigenvalue weighted by atomic mass is 9.85. The highest BCUT2D eigenvalue weighted by Gasteiger charge is 2.32. The number of aromatic nitrogens is 2. The average Bonchev–Trinajstić information content (AvgIpc) is 3.08. The monoisotopic (exact) mass is 522 g/mol. The molecule has 1 aromatic carbocycles. The van der Waals surface area contributed by atoms with Gasteiger partial charge < -0.3 is 14.5 Å². The van der Waals surface area contributed by atoms with Crippen LogP contribution in [-0.2, 0) is 0 Å². The van der Waals surface area contributed by atoms with Gasteiger partial charge in [0.25, 0.3) is 0 Å². The fourth-order valence-corrected chi connectivity index (χ4v) is 5.56. The van der Waals surface area contributed by atoms with E-state index in [0.717, 1.165) is 63.5 Å². The molecule has 204 valence electrons. The lowest BCUT2D eigenvalue weighted by Gasteiger charge is -2.35. The van der Waals surface area contributed by atoms with Crippen molar-refractivity contribution in [2.45, 2.75) is 64.4 Å². The largest absolute Gasteiger partial charge is 0.573 e. The number of alkyl halides is 4. The van der Waals surface area contributed by atoms with E-state index in [-0.39, 0.29) is 5.75 Å². The zero-order valence-corrected chi connectivity index (χ0v) is 21.8. The van der Waals surface area contributed by atoms with E-state index in [0.29, 0.717) is 30.4 Å². The quantitative estimate of drug-likeness (QED) is 0.285. The zero-order chi connectivity index (χ0) is 26.6. The van der Waals surface area contributed by atoms with Crippen LogP contribution < -0.4 is 9.64 Å². The van der Waals surface area contributed by atoms with Crippen LogP contribution in [0, 0.1) is 18.8 Å². The number of nitrogens with zero attached hydrogens (tertiary/aromatic N) is 4. The second-order valence-electron chi connectivity index (χ2n) is 10.6. The summed E-state index contributed by atoms with van der Waals surface area (Å²) in [5.41, 5.74) is 0.419. The van der Waals surface area contributed by atoms with Crippen LogP contribution in [0.3, 0.4) is 0 Å². The van der Waals surface area contributed by atoms with Gasteiger partial charge >= 0.3 is 6.36 Å². The summed E-state index contributed by atoms with van der Waals surface area (Å²) < 4.78 is 57.5. The molecule has 0 aliphatic carbocycles. The number of aryl methyl sites for hydroxylation is 1. The van der Waals surface area contributed by atoms with Crippen molar-refractivity contribution in [3.63, 3.8) is 0 Å². The minimum Gasteiger partial charge on any atom is -0.406 e. The second kappa shape index (κ2) is 11.5. The van der Waals surface area contributed by atoms with Crippen LogP contribution >= 0.6 is 0 Å². The summed E-state index contributed by atoms with van der Waals surface area (Å²) in [5, 5.41) is 4.77. The van der Waals surface area contributed by atoms with Crippen molar-refractivity contribution >= 4 is 5.82 Å². The van der Waals surface area contributed by atoms with Gasteiger partial charge in [0, 0.05) is 37.9 Å². The maximum absolute atomic E-state index is 14.4. The Kier molecular flexibility index (Phi) is 8.51. The normalized spacial score (nSPS) is 21.9. The summed E-state index contributed by atoms with van der Waals surface area (Å²) in [5.74, 6) is 1.90. The third kappa shape index (κ3) is 7.27. The molecule has 3 heterocycles. The Labute approximate surface area is 217 Å². The van der Waals surface area contributed by atoms with Gasteiger partial charge in [0.2, 0.25) is 0 Å². The van der Waals surface area contributed by atoms with Crippen molar-refractivity contribution in [2.24, 2.45) is 11.8 Å². The highest BCUT2D eigenvalue weighted by atomic mass is 19.4. The van der Waals surface area contributed by atoms with Gasteiger partial charge in [0.15, 0.2) is 5.82 Å². The first-order valence-corrected chi connectivity index (χ1v) is 13.3. The molecule has 0 bridgehead atoms. The van der Waals surface area contributed by atoms with Gasteiger partial charge in [0.1, 0.15) is 11.4 Å². The van der Waals surface area contributed by atoms with E-state index in [1.165, 1.54) is 24.6 Å². The first-order valence-electron chi connectivity index (χ1n) is 13.3. The molecule has 2 atom stereocenters. The third-order valence-electron chi connectivity index (χ3n) is 8.04. The minimum atomic E-state index is -4.71. The predicted molar refractivity (Wildman–Crippen MR) is 138 cm³/mol. The number of hydrogen-bond donors (Lipinski definition) is 0. The van der Waals surface area contributed by atoms with E-state index >= 15 is 0 Å². The summed E-state index contributed by atoms with van der Waals surface area (Å²) in [4.78, 5) is 4.70. The smallest absolute Gasteiger partial charge is 0.406 e. The molecule has 2 fully saturated rings. The fraction of sp³-hybridized carbons (Fsp3) is 0.607.